The second-order valence-electron chi connectivity index (χ2n) is 11.7. The van der Waals surface area contributed by atoms with Gasteiger partial charge < -0.3 is 9.47 Å². The summed E-state index contributed by atoms with van der Waals surface area (Å²) in [4.78, 5) is 33.0. The fourth-order valence-corrected chi connectivity index (χ4v) is 6.35. The van der Waals surface area contributed by atoms with Crippen LogP contribution in [0, 0.1) is 35.0 Å². The Bertz CT molecular complexity index is 1370. The van der Waals surface area contributed by atoms with Gasteiger partial charge in [-0.05, 0) is 55.7 Å². The number of nitriles is 1. The van der Waals surface area contributed by atoms with Gasteiger partial charge in [0.15, 0.2) is 0 Å². The highest BCUT2D eigenvalue weighted by atomic mass is 16.2. The molecule has 0 spiro atoms. The number of imidazole rings is 1. The molecule has 0 radical (unpaired) electrons. The van der Waals surface area contributed by atoms with E-state index < -0.39 is 0 Å². The smallest absolute Gasteiger partial charge is 0.257 e. The maximum Gasteiger partial charge on any atom is 0.257 e. The van der Waals surface area contributed by atoms with Gasteiger partial charge in [-0.15, -0.1) is 0 Å². The number of carbonyl (C=O) groups is 2. The maximum absolute atomic E-state index is 13.3. The van der Waals surface area contributed by atoms with E-state index in [-0.39, 0.29) is 29.6 Å². The number of hydrogen-bond acceptors (Lipinski definition) is 4. The SMILES string of the molecule is CC1C=C(C(=O)Nc2nc3cc(N(C)C(=O)C4CCCCC4)ccc3n2C/C=C/C2CCCCC2)C=CC1C#N. The molecule has 210 valence electrons. The predicted octanol–water partition coefficient (Wildman–Crippen LogP) is 6.93. The van der Waals surface area contributed by atoms with Crippen molar-refractivity contribution in [3.05, 3.63) is 54.2 Å². The van der Waals surface area contributed by atoms with Gasteiger partial charge >= 0.3 is 0 Å². The summed E-state index contributed by atoms with van der Waals surface area (Å²) in [6.45, 7) is 2.54. The van der Waals surface area contributed by atoms with Crippen LogP contribution < -0.4 is 10.2 Å². The van der Waals surface area contributed by atoms with Gasteiger partial charge in [0.05, 0.1) is 23.0 Å². The van der Waals surface area contributed by atoms with E-state index >= 15 is 0 Å². The molecule has 0 bridgehead atoms. The van der Waals surface area contributed by atoms with Crippen molar-refractivity contribution in [3.8, 4) is 6.07 Å². The first-order valence-electron chi connectivity index (χ1n) is 15.0. The van der Waals surface area contributed by atoms with Crippen molar-refractivity contribution < 1.29 is 9.59 Å². The molecule has 1 N–H and O–H groups in total. The van der Waals surface area contributed by atoms with Crippen LogP contribution >= 0.6 is 0 Å². The fourth-order valence-electron chi connectivity index (χ4n) is 6.35. The van der Waals surface area contributed by atoms with E-state index in [4.69, 9.17) is 4.98 Å². The minimum atomic E-state index is -0.239. The van der Waals surface area contributed by atoms with Crippen LogP contribution in [0.4, 0.5) is 11.6 Å². The molecule has 3 aliphatic carbocycles. The van der Waals surface area contributed by atoms with Gasteiger partial charge in [-0.2, -0.15) is 5.26 Å². The summed E-state index contributed by atoms with van der Waals surface area (Å²) in [6.07, 6.45) is 21.6. The monoisotopic (exact) mass is 539 g/mol. The zero-order valence-electron chi connectivity index (χ0n) is 23.8. The Balaban J connectivity index is 1.41. The summed E-state index contributed by atoms with van der Waals surface area (Å²) in [7, 11) is 1.85. The summed E-state index contributed by atoms with van der Waals surface area (Å²) in [5.41, 5.74) is 3.01. The largest absolute Gasteiger partial charge is 0.315 e. The number of rotatable bonds is 7. The first-order chi connectivity index (χ1) is 19.4. The summed E-state index contributed by atoms with van der Waals surface area (Å²) >= 11 is 0. The Morgan fingerprint density at radius 1 is 1.12 bits per heavy atom. The van der Waals surface area contributed by atoms with E-state index in [1.807, 2.05) is 42.8 Å². The number of benzene rings is 1. The Hall–Kier alpha value is -3.66. The Labute approximate surface area is 237 Å². The number of carbonyl (C=O) groups excluding carboxylic acids is 2. The molecular formula is C33H41N5O2. The van der Waals surface area contributed by atoms with Crippen LogP contribution in [0.2, 0.25) is 0 Å². The van der Waals surface area contributed by atoms with Crippen LogP contribution in [0.1, 0.15) is 71.1 Å². The van der Waals surface area contributed by atoms with E-state index in [2.05, 4.69) is 23.5 Å². The van der Waals surface area contributed by atoms with E-state index in [0.29, 0.717) is 24.0 Å². The van der Waals surface area contributed by atoms with Gasteiger partial charge in [-0.1, -0.05) is 75.8 Å². The van der Waals surface area contributed by atoms with Crippen molar-refractivity contribution in [2.75, 3.05) is 17.3 Å². The molecule has 1 aromatic heterocycles. The minimum absolute atomic E-state index is 0.0345. The average Bonchev–Trinajstić information content (AvgIpc) is 3.33. The lowest BCUT2D eigenvalue weighted by atomic mass is 9.88. The Morgan fingerprint density at radius 2 is 1.85 bits per heavy atom. The van der Waals surface area contributed by atoms with Crippen molar-refractivity contribution in [2.45, 2.75) is 77.7 Å². The Kier molecular flexibility index (Phi) is 8.84. The summed E-state index contributed by atoms with van der Waals surface area (Å²) < 4.78 is 2.04. The minimum Gasteiger partial charge on any atom is -0.315 e. The zero-order valence-corrected chi connectivity index (χ0v) is 23.8. The quantitative estimate of drug-likeness (QED) is 0.386. The number of nitrogens with one attached hydrogen (secondary N) is 1. The number of anilines is 2. The van der Waals surface area contributed by atoms with E-state index in [1.54, 1.807) is 17.1 Å². The normalized spacial score (nSPS) is 22.3. The van der Waals surface area contributed by atoms with Crippen LogP contribution in [0.3, 0.4) is 0 Å². The average molecular weight is 540 g/mol. The molecule has 0 saturated heterocycles. The zero-order chi connectivity index (χ0) is 28.1. The van der Waals surface area contributed by atoms with Crippen molar-refractivity contribution in [2.24, 2.45) is 23.7 Å². The molecule has 3 aliphatic rings. The third-order valence-corrected chi connectivity index (χ3v) is 8.88. The van der Waals surface area contributed by atoms with Crippen LogP contribution in [0.15, 0.2) is 54.2 Å². The molecule has 2 saturated carbocycles. The second kappa shape index (κ2) is 12.7. The standard InChI is InChI=1S/C33H41N5O2/c1-23-20-26(15-16-27(23)22-34)31(39)36-33-35-29-21-28(37(2)32(40)25-13-7-4-8-14-25)17-18-30(29)38(33)19-9-12-24-10-5-3-6-11-24/h9,12,15-18,20-21,23-25,27H,3-8,10-11,13-14,19H2,1-2H3,(H,35,36,39)/b12-9+. The molecule has 5 rings (SSSR count). The van der Waals surface area contributed by atoms with Gasteiger partial charge in [0.1, 0.15) is 0 Å². The number of fused-ring (bicyclic) bond motifs is 1. The number of allylic oxidation sites excluding steroid dienone is 4. The molecule has 2 amide bonds. The lowest BCUT2D eigenvalue weighted by Crippen LogP contribution is -2.33. The third-order valence-electron chi connectivity index (χ3n) is 8.88. The van der Waals surface area contributed by atoms with E-state index in [9.17, 15) is 14.9 Å². The van der Waals surface area contributed by atoms with Gasteiger partial charge in [-0.25, -0.2) is 4.98 Å². The van der Waals surface area contributed by atoms with E-state index in [1.165, 1.54) is 38.5 Å². The van der Waals surface area contributed by atoms with Crippen molar-refractivity contribution in [1.82, 2.24) is 9.55 Å². The maximum atomic E-state index is 13.3. The van der Waals surface area contributed by atoms with Gasteiger partial charge in [-0.3, -0.25) is 14.9 Å². The van der Waals surface area contributed by atoms with Gasteiger partial charge in [0.2, 0.25) is 11.9 Å². The number of hydrogen-bond donors (Lipinski definition) is 1. The first kappa shape index (κ1) is 27.9. The highest BCUT2D eigenvalue weighted by molar-refractivity contribution is 6.06. The molecule has 1 heterocycles. The van der Waals surface area contributed by atoms with Crippen LogP contribution in [-0.4, -0.2) is 28.4 Å². The number of amides is 2. The predicted molar refractivity (Wildman–Crippen MR) is 160 cm³/mol. The van der Waals surface area contributed by atoms with Crippen molar-refractivity contribution >= 4 is 34.5 Å². The number of nitrogens with zero attached hydrogens (tertiary/aromatic N) is 4. The highest BCUT2D eigenvalue weighted by Crippen LogP contribution is 2.30. The van der Waals surface area contributed by atoms with Gasteiger partial charge in [0.25, 0.3) is 5.91 Å². The molecule has 2 atom stereocenters. The highest BCUT2D eigenvalue weighted by Gasteiger charge is 2.26. The van der Waals surface area contributed by atoms with E-state index in [0.717, 1.165) is 42.4 Å². The molecule has 2 unspecified atom stereocenters. The molecule has 0 aliphatic heterocycles. The summed E-state index contributed by atoms with van der Waals surface area (Å²) in [6, 6.07) is 8.20. The molecule has 40 heavy (non-hydrogen) atoms. The van der Waals surface area contributed by atoms with Crippen molar-refractivity contribution in [3.63, 3.8) is 0 Å². The summed E-state index contributed by atoms with van der Waals surface area (Å²) in [5, 5.41) is 12.3. The molecule has 2 fully saturated rings. The Morgan fingerprint density at radius 3 is 2.55 bits per heavy atom. The van der Waals surface area contributed by atoms with Crippen LogP contribution in [0.5, 0.6) is 0 Å². The topological polar surface area (TPSA) is 91.0 Å². The summed E-state index contributed by atoms with van der Waals surface area (Å²) in [5.74, 6) is 0.855. The molecular weight excluding hydrogens is 498 g/mol. The molecule has 2 aromatic rings. The lowest BCUT2D eigenvalue weighted by molar-refractivity contribution is -0.123. The van der Waals surface area contributed by atoms with Crippen LogP contribution in [0.25, 0.3) is 11.0 Å². The van der Waals surface area contributed by atoms with Crippen LogP contribution in [-0.2, 0) is 16.1 Å². The second-order valence-corrected chi connectivity index (χ2v) is 11.7. The van der Waals surface area contributed by atoms with Crippen molar-refractivity contribution in [1.29, 1.82) is 5.26 Å². The fraction of sp³-hybridized carbons (Fsp3) is 0.515. The first-order valence-corrected chi connectivity index (χ1v) is 15.0. The lowest BCUT2D eigenvalue weighted by Gasteiger charge is -2.26. The molecule has 7 nitrogen and oxygen atoms in total. The third kappa shape index (κ3) is 6.22. The molecule has 7 heteroatoms. The molecule has 1 aromatic carbocycles. The number of aromatic nitrogens is 2. The van der Waals surface area contributed by atoms with Gasteiger partial charge in [0, 0.05) is 30.8 Å².